The van der Waals surface area contributed by atoms with Crippen LogP contribution in [0.4, 0.5) is 0 Å². The van der Waals surface area contributed by atoms with Crippen LogP contribution in [-0.4, -0.2) is 9.55 Å². The van der Waals surface area contributed by atoms with Crippen molar-refractivity contribution in [3.63, 3.8) is 0 Å². The number of aromatic nitrogens is 2. The fourth-order valence-electron chi connectivity index (χ4n) is 2.40. The minimum Gasteiger partial charge on any atom is -0.457 e. The summed E-state index contributed by atoms with van der Waals surface area (Å²) in [4.78, 5) is 4.45. The zero-order chi connectivity index (χ0) is 16.2. The molecule has 0 spiro atoms. The molecule has 118 valence electrons. The van der Waals surface area contributed by atoms with Gasteiger partial charge >= 0.3 is 0 Å². The second kappa shape index (κ2) is 6.88. The van der Waals surface area contributed by atoms with Crippen LogP contribution in [0.2, 0.25) is 5.02 Å². The zero-order valence-corrected chi connectivity index (χ0v) is 14.0. The highest BCUT2D eigenvalue weighted by Crippen LogP contribution is 2.24. The molecule has 0 aliphatic heterocycles. The summed E-state index contributed by atoms with van der Waals surface area (Å²) in [6.07, 6.45) is 4.79. The van der Waals surface area contributed by atoms with Crippen molar-refractivity contribution in [1.29, 1.82) is 0 Å². The molecule has 0 aliphatic rings. The highest BCUT2D eigenvalue weighted by Gasteiger charge is 2.07. The first-order valence-corrected chi connectivity index (χ1v) is 8.05. The van der Waals surface area contributed by atoms with Crippen LogP contribution in [0.15, 0.2) is 60.9 Å². The maximum Gasteiger partial charge on any atom is 0.127 e. The van der Waals surface area contributed by atoms with Crippen molar-refractivity contribution in [2.45, 2.75) is 20.3 Å². The molecule has 0 amide bonds. The zero-order valence-electron chi connectivity index (χ0n) is 13.2. The molecule has 3 nitrogen and oxygen atoms in total. The fourth-order valence-corrected chi connectivity index (χ4v) is 2.53. The van der Waals surface area contributed by atoms with E-state index in [1.165, 1.54) is 0 Å². The summed E-state index contributed by atoms with van der Waals surface area (Å²) in [7, 11) is 0. The second-order valence-corrected chi connectivity index (χ2v) is 6.30. The van der Waals surface area contributed by atoms with Crippen LogP contribution in [-0.2, 0) is 6.42 Å². The lowest BCUT2D eigenvalue weighted by Gasteiger charge is -2.11. The van der Waals surface area contributed by atoms with Gasteiger partial charge in [-0.05, 0) is 54.4 Å². The van der Waals surface area contributed by atoms with Crippen molar-refractivity contribution in [3.05, 3.63) is 71.8 Å². The molecule has 2 aromatic carbocycles. The Bertz CT molecular complexity index is 761. The molecule has 0 bridgehead atoms. The van der Waals surface area contributed by atoms with Gasteiger partial charge in [-0.15, -0.1) is 0 Å². The summed E-state index contributed by atoms with van der Waals surface area (Å²) < 4.78 is 7.93. The lowest BCUT2D eigenvalue weighted by Crippen LogP contribution is -2.04. The molecule has 3 rings (SSSR count). The minimum atomic E-state index is 0.573. The quantitative estimate of drug-likeness (QED) is 0.617. The first-order valence-electron chi connectivity index (χ1n) is 7.68. The van der Waals surface area contributed by atoms with Crippen molar-refractivity contribution in [1.82, 2.24) is 9.55 Å². The summed E-state index contributed by atoms with van der Waals surface area (Å²) >= 11 is 5.88. The summed E-state index contributed by atoms with van der Waals surface area (Å²) in [5, 5.41) is 0.700. The van der Waals surface area contributed by atoms with Crippen LogP contribution in [0, 0.1) is 5.92 Å². The number of ether oxygens (including phenoxy) is 1. The summed E-state index contributed by atoms with van der Waals surface area (Å²) in [5.41, 5.74) is 1.08. The maximum absolute atomic E-state index is 5.88. The molecular formula is C19H19ClN2O. The molecule has 0 saturated carbocycles. The lowest BCUT2D eigenvalue weighted by atomic mass is 10.1. The van der Waals surface area contributed by atoms with Gasteiger partial charge in [-0.25, -0.2) is 4.98 Å². The monoisotopic (exact) mass is 326 g/mol. The average Bonchev–Trinajstić information content (AvgIpc) is 2.98. The van der Waals surface area contributed by atoms with Gasteiger partial charge < -0.3 is 9.30 Å². The normalized spacial score (nSPS) is 11.0. The number of halogens is 1. The third kappa shape index (κ3) is 3.93. The van der Waals surface area contributed by atoms with Crippen LogP contribution in [0.3, 0.4) is 0 Å². The summed E-state index contributed by atoms with van der Waals surface area (Å²) in [5.74, 6) is 3.21. The Morgan fingerprint density at radius 3 is 2.22 bits per heavy atom. The van der Waals surface area contributed by atoms with Crippen LogP contribution < -0.4 is 4.74 Å². The Hall–Kier alpha value is -2.26. The Kier molecular flexibility index (Phi) is 4.68. The van der Waals surface area contributed by atoms with Crippen LogP contribution in [0.1, 0.15) is 19.7 Å². The Morgan fingerprint density at radius 1 is 1.00 bits per heavy atom. The first-order chi connectivity index (χ1) is 11.1. The third-order valence-corrected chi connectivity index (χ3v) is 3.72. The largest absolute Gasteiger partial charge is 0.457 e. The van der Waals surface area contributed by atoms with Gasteiger partial charge in [0.25, 0.3) is 0 Å². The Balaban J connectivity index is 1.77. The Morgan fingerprint density at radius 2 is 1.61 bits per heavy atom. The molecule has 0 aliphatic carbocycles. The van der Waals surface area contributed by atoms with Crippen LogP contribution in [0.25, 0.3) is 5.69 Å². The van der Waals surface area contributed by atoms with Crippen molar-refractivity contribution in [3.8, 4) is 17.2 Å². The molecule has 0 fully saturated rings. The van der Waals surface area contributed by atoms with E-state index in [4.69, 9.17) is 16.3 Å². The third-order valence-electron chi connectivity index (χ3n) is 3.47. The van der Waals surface area contributed by atoms with Gasteiger partial charge in [0.15, 0.2) is 0 Å². The number of hydrogen-bond donors (Lipinski definition) is 0. The fraction of sp³-hybridized carbons (Fsp3) is 0.211. The molecule has 3 aromatic rings. The Labute approximate surface area is 141 Å². The van der Waals surface area contributed by atoms with E-state index in [1.54, 1.807) is 0 Å². The summed E-state index contributed by atoms with van der Waals surface area (Å²) in [6.45, 7) is 4.39. The first kappa shape index (κ1) is 15.6. The van der Waals surface area contributed by atoms with E-state index in [-0.39, 0.29) is 0 Å². The van der Waals surface area contributed by atoms with E-state index in [9.17, 15) is 0 Å². The van der Waals surface area contributed by atoms with Crippen LogP contribution >= 0.6 is 11.6 Å². The summed E-state index contributed by atoms with van der Waals surface area (Å²) in [6, 6.07) is 15.3. The predicted octanol–water partition coefficient (Wildman–Crippen LogP) is 5.52. The maximum atomic E-state index is 5.88. The smallest absolute Gasteiger partial charge is 0.127 e. The van der Waals surface area contributed by atoms with Gasteiger partial charge in [-0.2, -0.15) is 0 Å². The van der Waals surface area contributed by atoms with Gasteiger partial charge in [0.2, 0.25) is 0 Å². The van der Waals surface area contributed by atoms with Crippen molar-refractivity contribution >= 4 is 11.6 Å². The van der Waals surface area contributed by atoms with Crippen molar-refractivity contribution in [2.75, 3.05) is 0 Å². The number of benzene rings is 2. The average molecular weight is 327 g/mol. The van der Waals surface area contributed by atoms with E-state index in [0.29, 0.717) is 10.9 Å². The van der Waals surface area contributed by atoms with Gasteiger partial charge in [0, 0.05) is 29.5 Å². The molecule has 0 atom stereocenters. The standard InChI is InChI=1S/C19H19ClN2O/c1-14(2)13-19-21-11-12-22(19)16-5-9-18(10-6-16)23-17-7-3-15(20)4-8-17/h3-12,14H,13H2,1-2H3. The SMILES string of the molecule is CC(C)Cc1nccn1-c1ccc(Oc2ccc(Cl)cc2)cc1. The van der Waals surface area contributed by atoms with E-state index in [2.05, 4.69) is 23.4 Å². The second-order valence-electron chi connectivity index (χ2n) is 5.86. The molecular weight excluding hydrogens is 308 g/mol. The van der Waals surface area contributed by atoms with Crippen molar-refractivity contribution in [2.24, 2.45) is 5.92 Å². The molecule has 23 heavy (non-hydrogen) atoms. The highest BCUT2D eigenvalue weighted by molar-refractivity contribution is 6.30. The topological polar surface area (TPSA) is 27.1 Å². The molecule has 0 saturated heterocycles. The number of hydrogen-bond acceptors (Lipinski definition) is 2. The molecule has 0 N–H and O–H groups in total. The van der Waals surface area contributed by atoms with Gasteiger partial charge in [-0.3, -0.25) is 0 Å². The lowest BCUT2D eigenvalue weighted by molar-refractivity contribution is 0.482. The molecule has 1 heterocycles. The van der Waals surface area contributed by atoms with Gasteiger partial charge in [0.1, 0.15) is 17.3 Å². The van der Waals surface area contributed by atoms with E-state index in [0.717, 1.165) is 29.4 Å². The van der Waals surface area contributed by atoms with E-state index in [1.807, 2.05) is 60.9 Å². The number of nitrogens with zero attached hydrogens (tertiary/aromatic N) is 2. The molecule has 0 unspecified atom stereocenters. The van der Waals surface area contributed by atoms with Gasteiger partial charge in [0.05, 0.1) is 0 Å². The highest BCUT2D eigenvalue weighted by atomic mass is 35.5. The molecule has 4 heteroatoms. The number of rotatable bonds is 5. The molecule has 0 radical (unpaired) electrons. The van der Waals surface area contributed by atoms with Crippen molar-refractivity contribution < 1.29 is 4.74 Å². The van der Waals surface area contributed by atoms with E-state index >= 15 is 0 Å². The van der Waals surface area contributed by atoms with Gasteiger partial charge in [-0.1, -0.05) is 25.4 Å². The minimum absolute atomic E-state index is 0.573. The number of imidazole rings is 1. The molecule has 1 aromatic heterocycles. The van der Waals surface area contributed by atoms with E-state index < -0.39 is 0 Å². The predicted molar refractivity (Wildman–Crippen MR) is 93.6 cm³/mol. The van der Waals surface area contributed by atoms with Crippen LogP contribution in [0.5, 0.6) is 11.5 Å².